The zero-order valence-corrected chi connectivity index (χ0v) is 25.1. The predicted octanol–water partition coefficient (Wildman–Crippen LogP) is 10.9. The van der Waals surface area contributed by atoms with E-state index in [-0.39, 0.29) is 0 Å². The molecule has 4 nitrogen and oxygen atoms in total. The molecule has 46 heavy (non-hydrogen) atoms. The topological polar surface area (TPSA) is 34.0 Å². The van der Waals surface area contributed by atoms with Gasteiger partial charge in [0.25, 0.3) is 0 Å². The molecule has 4 heteroatoms. The third-order valence-electron chi connectivity index (χ3n) is 8.26. The molecule has 8 aromatic rings. The molecule has 0 unspecified atom stereocenters. The second kappa shape index (κ2) is 12.0. The molecular weight excluding hydrogens is 560 g/mol. The van der Waals surface area contributed by atoms with Crippen molar-refractivity contribution in [2.24, 2.45) is 0 Å². The van der Waals surface area contributed by atoms with Crippen molar-refractivity contribution < 1.29 is 0 Å². The number of rotatable bonds is 7. The van der Waals surface area contributed by atoms with E-state index in [1.807, 2.05) is 30.5 Å². The molecule has 0 atom stereocenters. The number of pyridine rings is 1. The van der Waals surface area contributed by atoms with Gasteiger partial charge in [0.1, 0.15) is 0 Å². The molecule has 0 saturated heterocycles. The van der Waals surface area contributed by atoms with Crippen molar-refractivity contribution in [2.75, 3.05) is 4.90 Å². The Kier molecular flexibility index (Phi) is 7.14. The van der Waals surface area contributed by atoms with E-state index in [1.54, 1.807) is 0 Å². The van der Waals surface area contributed by atoms with Crippen LogP contribution in [0.4, 0.5) is 17.3 Å². The van der Waals surface area contributed by atoms with Crippen LogP contribution in [0.1, 0.15) is 0 Å². The summed E-state index contributed by atoms with van der Waals surface area (Å²) in [7, 11) is 0. The smallest absolute Gasteiger partial charge is 0.220 e. The van der Waals surface area contributed by atoms with Crippen molar-refractivity contribution in [3.05, 3.63) is 182 Å². The van der Waals surface area contributed by atoms with Crippen LogP contribution in [0.3, 0.4) is 0 Å². The Balaban J connectivity index is 1.45. The molecule has 0 fully saturated rings. The zero-order chi connectivity index (χ0) is 30.7. The number of anilines is 3. The second-order valence-corrected chi connectivity index (χ2v) is 11.1. The number of fused-ring (bicyclic) bond motifs is 1. The van der Waals surface area contributed by atoms with Gasteiger partial charge in [-0.05, 0) is 59.7 Å². The summed E-state index contributed by atoms with van der Waals surface area (Å²) in [6.45, 7) is 0. The monoisotopic (exact) mass is 590 g/mol. The predicted molar refractivity (Wildman–Crippen MR) is 190 cm³/mol. The summed E-state index contributed by atoms with van der Waals surface area (Å²) in [5.74, 6) is 0.797. The molecule has 0 aliphatic heterocycles. The number of hydrogen-bond acceptors (Lipinski definition) is 3. The normalized spacial score (nSPS) is 11.0. The van der Waals surface area contributed by atoms with Gasteiger partial charge in [0.05, 0.1) is 22.4 Å². The van der Waals surface area contributed by atoms with Crippen LogP contribution >= 0.6 is 0 Å². The van der Waals surface area contributed by atoms with E-state index in [9.17, 15) is 0 Å². The molecule has 2 heterocycles. The number of hydrogen-bond donors (Lipinski definition) is 0. The summed E-state index contributed by atoms with van der Waals surface area (Å²) in [6.07, 6.45) is 1.84. The van der Waals surface area contributed by atoms with E-state index >= 15 is 0 Å². The molecule has 0 saturated carbocycles. The van der Waals surface area contributed by atoms with Crippen LogP contribution < -0.4 is 4.90 Å². The number of benzene rings is 6. The Morgan fingerprint density at radius 3 is 1.78 bits per heavy atom. The molecule has 8 rings (SSSR count). The molecule has 0 amide bonds. The summed E-state index contributed by atoms with van der Waals surface area (Å²) in [5.41, 5.74) is 11.5. The Labute approximate surface area is 268 Å². The summed E-state index contributed by atoms with van der Waals surface area (Å²) < 4.78 is 2.31. The summed E-state index contributed by atoms with van der Waals surface area (Å²) in [6, 6.07) is 61.2. The van der Waals surface area contributed by atoms with Crippen molar-refractivity contribution in [1.82, 2.24) is 14.5 Å². The first-order valence-corrected chi connectivity index (χ1v) is 15.4. The molecule has 0 aliphatic rings. The Morgan fingerprint density at radius 2 is 1.04 bits per heavy atom. The summed E-state index contributed by atoms with van der Waals surface area (Å²) in [5, 5.41) is 0. The van der Waals surface area contributed by atoms with Gasteiger partial charge in [0.2, 0.25) is 5.95 Å². The second-order valence-electron chi connectivity index (χ2n) is 11.1. The Morgan fingerprint density at radius 1 is 0.457 bits per heavy atom. The van der Waals surface area contributed by atoms with Crippen LogP contribution in [0.25, 0.3) is 50.2 Å². The highest BCUT2D eigenvalue weighted by Crippen LogP contribution is 2.42. The fraction of sp³-hybridized carbons (Fsp3) is 0. The zero-order valence-electron chi connectivity index (χ0n) is 25.1. The highest BCUT2D eigenvalue weighted by molar-refractivity contribution is 5.97. The lowest BCUT2D eigenvalue weighted by molar-refractivity contribution is 1.04. The van der Waals surface area contributed by atoms with Crippen LogP contribution in [-0.2, 0) is 0 Å². The number of nitrogens with zero attached hydrogens (tertiary/aromatic N) is 4. The molecular formula is C42H30N4. The summed E-state index contributed by atoms with van der Waals surface area (Å²) in [4.78, 5) is 12.4. The van der Waals surface area contributed by atoms with Gasteiger partial charge in [0.15, 0.2) is 0 Å². The molecule has 2 aromatic heterocycles. The highest BCUT2D eigenvalue weighted by atomic mass is 15.3. The maximum atomic E-state index is 5.53. The van der Waals surface area contributed by atoms with Gasteiger partial charge in [-0.2, -0.15) is 0 Å². The minimum Gasteiger partial charge on any atom is -0.280 e. The van der Waals surface area contributed by atoms with Crippen LogP contribution in [0.15, 0.2) is 182 Å². The quantitative estimate of drug-likeness (QED) is 0.185. The molecule has 218 valence electrons. The van der Waals surface area contributed by atoms with Gasteiger partial charge in [0, 0.05) is 34.3 Å². The van der Waals surface area contributed by atoms with E-state index in [1.165, 1.54) is 0 Å². The lowest BCUT2D eigenvalue weighted by Crippen LogP contribution is -2.15. The Bertz CT molecular complexity index is 2240. The van der Waals surface area contributed by atoms with Crippen LogP contribution in [0, 0.1) is 0 Å². The number of para-hydroxylation sites is 3. The fourth-order valence-electron chi connectivity index (χ4n) is 6.15. The molecule has 0 spiro atoms. The Hall–Kier alpha value is -6.26. The third kappa shape index (κ3) is 5.02. The first kappa shape index (κ1) is 27.3. The van der Waals surface area contributed by atoms with Gasteiger partial charge in [-0.3, -0.25) is 14.5 Å². The maximum Gasteiger partial charge on any atom is 0.220 e. The summed E-state index contributed by atoms with van der Waals surface area (Å²) >= 11 is 0. The highest BCUT2D eigenvalue weighted by Gasteiger charge is 2.25. The van der Waals surface area contributed by atoms with E-state index in [0.717, 1.165) is 67.6 Å². The van der Waals surface area contributed by atoms with E-state index < -0.39 is 0 Å². The van der Waals surface area contributed by atoms with Crippen LogP contribution in [-0.4, -0.2) is 14.5 Å². The van der Waals surface area contributed by atoms with Crippen molar-refractivity contribution in [3.8, 4) is 39.2 Å². The molecule has 0 bridgehead atoms. The minimum atomic E-state index is 0.797. The number of imidazole rings is 1. The molecule has 6 aromatic carbocycles. The van der Waals surface area contributed by atoms with E-state index in [0.29, 0.717) is 0 Å². The minimum absolute atomic E-state index is 0.797. The first-order valence-electron chi connectivity index (χ1n) is 15.4. The van der Waals surface area contributed by atoms with Gasteiger partial charge < -0.3 is 0 Å². The third-order valence-corrected chi connectivity index (χ3v) is 8.26. The standard InChI is InChI=1S/C42H30N4/c1-4-16-31(17-5-1)36-24-10-11-27-39(36)46-40-28-15-25-37(32-18-6-2-7-19-32)41(40)44-42(46)45(34-21-8-3-9-22-34)35-23-14-20-33(30-35)38-26-12-13-29-43-38/h1-30H. The average molecular weight is 591 g/mol. The van der Waals surface area contributed by atoms with Gasteiger partial charge in [-0.15, -0.1) is 0 Å². The van der Waals surface area contributed by atoms with Crippen molar-refractivity contribution in [3.63, 3.8) is 0 Å². The van der Waals surface area contributed by atoms with Gasteiger partial charge >= 0.3 is 0 Å². The van der Waals surface area contributed by atoms with Gasteiger partial charge in [-0.1, -0.05) is 127 Å². The SMILES string of the molecule is c1ccc(-c2ccccc2-n2c(N(c3ccccc3)c3cccc(-c4ccccn4)c3)nc3c(-c4ccccc4)cccc32)cc1. The van der Waals surface area contributed by atoms with Crippen LogP contribution in [0.5, 0.6) is 0 Å². The van der Waals surface area contributed by atoms with Crippen molar-refractivity contribution >= 4 is 28.4 Å². The number of aromatic nitrogens is 3. The molecule has 0 radical (unpaired) electrons. The van der Waals surface area contributed by atoms with Crippen molar-refractivity contribution in [1.29, 1.82) is 0 Å². The molecule has 0 N–H and O–H groups in total. The maximum absolute atomic E-state index is 5.53. The fourth-order valence-corrected chi connectivity index (χ4v) is 6.15. The van der Waals surface area contributed by atoms with E-state index in [4.69, 9.17) is 4.98 Å². The van der Waals surface area contributed by atoms with Crippen molar-refractivity contribution in [2.45, 2.75) is 0 Å². The largest absolute Gasteiger partial charge is 0.280 e. The van der Waals surface area contributed by atoms with Crippen LogP contribution in [0.2, 0.25) is 0 Å². The first-order chi connectivity index (χ1) is 22.8. The molecule has 0 aliphatic carbocycles. The average Bonchev–Trinajstić information content (AvgIpc) is 3.52. The van der Waals surface area contributed by atoms with Gasteiger partial charge in [-0.25, -0.2) is 4.98 Å². The lowest BCUT2D eigenvalue weighted by Gasteiger charge is -2.26. The lowest BCUT2D eigenvalue weighted by atomic mass is 10.0. The van der Waals surface area contributed by atoms with E-state index in [2.05, 4.69) is 166 Å².